The summed E-state index contributed by atoms with van der Waals surface area (Å²) < 4.78 is 13.0. The Labute approximate surface area is 168 Å². The Morgan fingerprint density at radius 1 is 1.10 bits per heavy atom. The van der Waals surface area contributed by atoms with Crippen LogP contribution in [0.3, 0.4) is 0 Å². The maximum Gasteiger partial charge on any atom is 0.257 e. The molecule has 8 heteroatoms. The lowest BCUT2D eigenvalue weighted by Gasteiger charge is -2.11. The second kappa shape index (κ2) is 7.29. The highest BCUT2D eigenvalue weighted by Crippen LogP contribution is 2.29. The number of likely N-dealkylation sites (tertiary alicyclic amines) is 1. The number of aromatic nitrogens is 5. The zero-order valence-electron chi connectivity index (χ0n) is 16.4. The Morgan fingerprint density at radius 3 is 2.86 bits per heavy atom. The second-order valence-corrected chi connectivity index (χ2v) is 7.57. The molecule has 1 aromatic carbocycles. The molecule has 4 heterocycles. The molecule has 5 rings (SSSR count). The number of aryl methyl sites for hydroxylation is 2. The van der Waals surface area contributed by atoms with Crippen LogP contribution in [0.4, 0.5) is 0 Å². The normalized spacial score (nSPS) is 17.2. The van der Waals surface area contributed by atoms with Gasteiger partial charge in [0.05, 0.1) is 18.2 Å². The molecule has 3 aromatic heterocycles. The molecule has 0 radical (unpaired) electrons. The molecule has 1 fully saturated rings. The second-order valence-electron chi connectivity index (χ2n) is 7.57. The summed E-state index contributed by atoms with van der Waals surface area (Å²) >= 11 is 0. The van der Waals surface area contributed by atoms with Crippen molar-refractivity contribution in [3.8, 4) is 23.0 Å². The van der Waals surface area contributed by atoms with Gasteiger partial charge in [-0.3, -0.25) is 4.90 Å². The van der Waals surface area contributed by atoms with E-state index >= 15 is 0 Å². The van der Waals surface area contributed by atoms with E-state index in [0.29, 0.717) is 30.0 Å². The molecule has 0 aliphatic carbocycles. The molecule has 148 valence electrons. The molecule has 1 saturated heterocycles. The summed E-state index contributed by atoms with van der Waals surface area (Å²) in [4.78, 5) is 11.5. The van der Waals surface area contributed by atoms with Crippen LogP contribution < -0.4 is 0 Å². The van der Waals surface area contributed by atoms with Crippen LogP contribution >= 0.6 is 0 Å². The van der Waals surface area contributed by atoms with E-state index in [4.69, 9.17) is 9.05 Å². The predicted molar refractivity (Wildman–Crippen MR) is 106 cm³/mol. The van der Waals surface area contributed by atoms with Gasteiger partial charge in [-0.2, -0.15) is 9.97 Å². The van der Waals surface area contributed by atoms with Crippen molar-refractivity contribution >= 4 is 0 Å². The zero-order valence-corrected chi connectivity index (χ0v) is 16.4. The van der Waals surface area contributed by atoms with Gasteiger partial charge in [0.25, 0.3) is 5.89 Å². The summed E-state index contributed by atoms with van der Waals surface area (Å²) in [5, 5.41) is 8.30. The number of hydrogen-bond donors (Lipinski definition) is 0. The van der Waals surface area contributed by atoms with Gasteiger partial charge in [-0.15, -0.1) is 0 Å². The number of rotatable bonds is 5. The first-order valence-corrected chi connectivity index (χ1v) is 9.73. The van der Waals surface area contributed by atoms with Crippen molar-refractivity contribution in [2.24, 2.45) is 7.05 Å². The molecule has 0 amide bonds. The summed E-state index contributed by atoms with van der Waals surface area (Å²) in [5.41, 5.74) is 3.06. The molecule has 29 heavy (non-hydrogen) atoms. The van der Waals surface area contributed by atoms with Crippen molar-refractivity contribution < 1.29 is 9.05 Å². The molecular formula is C21H22N6O2. The van der Waals surface area contributed by atoms with Crippen LogP contribution in [0.1, 0.15) is 29.6 Å². The Bertz CT molecular complexity index is 1130. The Hall–Kier alpha value is -3.26. The van der Waals surface area contributed by atoms with E-state index < -0.39 is 0 Å². The highest BCUT2D eigenvalue weighted by Gasteiger charge is 2.29. The average Bonchev–Trinajstić information content (AvgIpc) is 3.49. The van der Waals surface area contributed by atoms with Crippen LogP contribution in [0.15, 0.2) is 51.6 Å². The maximum atomic E-state index is 5.55. The van der Waals surface area contributed by atoms with Gasteiger partial charge in [-0.1, -0.05) is 28.0 Å². The lowest BCUT2D eigenvalue weighted by Crippen LogP contribution is -2.20. The minimum atomic E-state index is 0.222. The van der Waals surface area contributed by atoms with Crippen LogP contribution in [0.2, 0.25) is 0 Å². The Balaban J connectivity index is 1.24. The summed E-state index contributed by atoms with van der Waals surface area (Å²) in [7, 11) is 1.97. The summed E-state index contributed by atoms with van der Waals surface area (Å²) in [6.07, 6.45) is 2.94. The average molecular weight is 390 g/mol. The molecular weight excluding hydrogens is 368 g/mol. The van der Waals surface area contributed by atoms with Gasteiger partial charge in [0, 0.05) is 25.4 Å². The highest BCUT2D eigenvalue weighted by molar-refractivity contribution is 5.53. The van der Waals surface area contributed by atoms with Crippen molar-refractivity contribution in [2.45, 2.75) is 25.8 Å². The Kier molecular flexibility index (Phi) is 4.48. The van der Waals surface area contributed by atoms with Crippen molar-refractivity contribution in [1.29, 1.82) is 0 Å². The third kappa shape index (κ3) is 3.58. The van der Waals surface area contributed by atoms with Gasteiger partial charge in [-0.25, -0.2) is 0 Å². The molecule has 0 N–H and O–H groups in total. The lowest BCUT2D eigenvalue weighted by atomic mass is 10.1. The van der Waals surface area contributed by atoms with E-state index in [1.54, 1.807) is 0 Å². The quantitative estimate of drug-likeness (QED) is 0.516. The molecule has 1 atom stereocenters. The van der Waals surface area contributed by atoms with Gasteiger partial charge in [-0.05, 0) is 44.2 Å². The van der Waals surface area contributed by atoms with Gasteiger partial charge in [0.1, 0.15) is 0 Å². The summed E-state index contributed by atoms with van der Waals surface area (Å²) in [6.45, 7) is 4.46. The zero-order chi connectivity index (χ0) is 19.8. The molecule has 4 aromatic rings. The number of hydrogen-bond acceptors (Lipinski definition) is 7. The maximum absolute atomic E-state index is 5.55. The van der Waals surface area contributed by atoms with Crippen LogP contribution in [-0.4, -0.2) is 42.8 Å². The summed E-state index contributed by atoms with van der Waals surface area (Å²) in [6, 6.07) is 12.0. The minimum absolute atomic E-state index is 0.222. The fraction of sp³-hybridized carbons (Fsp3) is 0.333. The van der Waals surface area contributed by atoms with Crippen LogP contribution in [0.5, 0.6) is 0 Å². The predicted octanol–water partition coefficient (Wildman–Crippen LogP) is 3.42. The third-order valence-electron chi connectivity index (χ3n) is 5.33. The Morgan fingerprint density at radius 2 is 2.03 bits per heavy atom. The fourth-order valence-corrected chi connectivity index (χ4v) is 3.79. The van der Waals surface area contributed by atoms with E-state index in [1.165, 1.54) is 5.56 Å². The fourth-order valence-electron chi connectivity index (χ4n) is 3.79. The molecule has 1 aliphatic heterocycles. The van der Waals surface area contributed by atoms with Crippen molar-refractivity contribution in [3.05, 3.63) is 59.9 Å². The van der Waals surface area contributed by atoms with Crippen molar-refractivity contribution in [3.63, 3.8) is 0 Å². The van der Waals surface area contributed by atoms with Gasteiger partial charge in [0.2, 0.25) is 11.7 Å². The SMILES string of the molecule is Cc1cccc(-c2nc(CN3CCC(c4nc(-c5cccn5C)no4)C3)no2)c1. The van der Waals surface area contributed by atoms with E-state index in [1.807, 2.05) is 61.1 Å². The van der Waals surface area contributed by atoms with Gasteiger partial charge < -0.3 is 13.6 Å². The van der Waals surface area contributed by atoms with E-state index in [2.05, 4.69) is 25.2 Å². The highest BCUT2D eigenvalue weighted by atomic mass is 16.5. The number of nitrogens with zero attached hydrogens (tertiary/aromatic N) is 6. The lowest BCUT2D eigenvalue weighted by molar-refractivity contribution is 0.297. The largest absolute Gasteiger partial charge is 0.348 e. The molecule has 0 spiro atoms. The monoisotopic (exact) mass is 390 g/mol. The van der Waals surface area contributed by atoms with Crippen molar-refractivity contribution in [2.75, 3.05) is 13.1 Å². The van der Waals surface area contributed by atoms with Gasteiger partial charge >= 0.3 is 0 Å². The first-order valence-electron chi connectivity index (χ1n) is 9.73. The standard InChI is InChI=1S/C21H22N6O2/c1-14-5-3-6-15(11-14)20-22-18(24-28-20)13-27-10-8-16(12-27)21-23-19(25-29-21)17-7-4-9-26(17)2/h3-7,9,11,16H,8,10,12-13H2,1-2H3. The number of benzene rings is 1. The van der Waals surface area contributed by atoms with Crippen LogP contribution in [0.25, 0.3) is 23.0 Å². The van der Waals surface area contributed by atoms with Crippen molar-refractivity contribution in [1.82, 2.24) is 29.7 Å². The van der Waals surface area contributed by atoms with Crippen LogP contribution in [-0.2, 0) is 13.6 Å². The smallest absolute Gasteiger partial charge is 0.257 e. The first kappa shape index (κ1) is 17.8. The van der Waals surface area contributed by atoms with Crippen LogP contribution in [0, 0.1) is 6.92 Å². The molecule has 8 nitrogen and oxygen atoms in total. The van der Waals surface area contributed by atoms with E-state index in [-0.39, 0.29) is 5.92 Å². The topological polar surface area (TPSA) is 86.0 Å². The van der Waals surface area contributed by atoms with E-state index in [9.17, 15) is 0 Å². The molecule has 1 unspecified atom stereocenters. The third-order valence-corrected chi connectivity index (χ3v) is 5.33. The van der Waals surface area contributed by atoms with Gasteiger partial charge in [0.15, 0.2) is 5.82 Å². The molecule has 0 saturated carbocycles. The summed E-state index contributed by atoms with van der Waals surface area (Å²) in [5.74, 6) is 2.80. The molecule has 0 bridgehead atoms. The van der Waals surface area contributed by atoms with E-state index in [0.717, 1.165) is 30.8 Å². The molecule has 1 aliphatic rings. The first-order chi connectivity index (χ1) is 14.2. The minimum Gasteiger partial charge on any atom is -0.348 e.